The highest BCUT2D eigenvalue weighted by Crippen LogP contribution is 2.20. The van der Waals surface area contributed by atoms with Crippen LogP contribution < -0.4 is 10.3 Å². The van der Waals surface area contributed by atoms with Gasteiger partial charge in [0.05, 0.1) is 21.8 Å². The summed E-state index contributed by atoms with van der Waals surface area (Å²) in [4.78, 5) is 17.5. The van der Waals surface area contributed by atoms with E-state index < -0.39 is 10.0 Å². The molecule has 2 N–H and O–H groups in total. The van der Waals surface area contributed by atoms with Gasteiger partial charge in [0.25, 0.3) is 15.6 Å². The average molecular weight is 475 g/mol. The predicted molar refractivity (Wildman–Crippen MR) is 136 cm³/mol. The summed E-state index contributed by atoms with van der Waals surface area (Å²) in [5.41, 5.74) is 5.93. The molecule has 4 aromatic rings. The molecule has 1 heterocycles. The molecule has 174 valence electrons. The van der Waals surface area contributed by atoms with E-state index in [9.17, 15) is 13.2 Å². The van der Waals surface area contributed by atoms with Crippen LogP contribution in [0.25, 0.3) is 5.69 Å². The molecule has 0 aliphatic rings. The van der Waals surface area contributed by atoms with Crippen molar-refractivity contribution < 1.29 is 8.42 Å². The summed E-state index contributed by atoms with van der Waals surface area (Å²) in [6.45, 7) is 7.73. The second kappa shape index (κ2) is 9.15. The third-order valence-corrected chi connectivity index (χ3v) is 7.02. The predicted octanol–water partition coefficient (Wildman–Crippen LogP) is 4.95. The van der Waals surface area contributed by atoms with Crippen LogP contribution in [0.2, 0.25) is 0 Å². The molecule has 0 unspecified atom stereocenters. The summed E-state index contributed by atoms with van der Waals surface area (Å²) < 4.78 is 29.4. The van der Waals surface area contributed by atoms with E-state index in [0.29, 0.717) is 22.6 Å². The van der Waals surface area contributed by atoms with Crippen molar-refractivity contribution in [2.45, 2.75) is 32.6 Å². The molecule has 0 spiro atoms. The smallest absolute Gasteiger partial charge is 0.280 e. The Morgan fingerprint density at radius 2 is 1.65 bits per heavy atom. The van der Waals surface area contributed by atoms with Gasteiger partial charge < -0.3 is 0 Å². The van der Waals surface area contributed by atoms with Crippen LogP contribution in [0.15, 0.2) is 81.4 Å². The maximum atomic E-state index is 12.9. The minimum Gasteiger partial charge on any atom is -0.295 e. The molecule has 7 nitrogen and oxygen atoms in total. The van der Waals surface area contributed by atoms with Gasteiger partial charge in [0, 0.05) is 17.6 Å². The zero-order chi connectivity index (χ0) is 24.5. The number of nitrogens with one attached hydrogen (secondary N) is 2. The van der Waals surface area contributed by atoms with Crippen LogP contribution in [-0.4, -0.2) is 24.4 Å². The number of aryl methyl sites for hydroxylation is 4. The molecule has 0 bridgehead atoms. The van der Waals surface area contributed by atoms with E-state index in [0.717, 1.165) is 22.4 Å². The van der Waals surface area contributed by atoms with Crippen molar-refractivity contribution >= 4 is 27.6 Å². The number of hydrogen-bond donors (Lipinski definition) is 2. The van der Waals surface area contributed by atoms with Gasteiger partial charge in [-0.15, -0.1) is 0 Å². The summed E-state index contributed by atoms with van der Waals surface area (Å²) in [6.07, 6.45) is 1.50. The first-order valence-electron chi connectivity index (χ1n) is 10.8. The molecule has 1 aromatic heterocycles. The van der Waals surface area contributed by atoms with Gasteiger partial charge in [0.15, 0.2) is 0 Å². The van der Waals surface area contributed by atoms with Crippen molar-refractivity contribution in [3.63, 3.8) is 0 Å². The Balaban J connectivity index is 1.55. The molecule has 0 atom stereocenters. The van der Waals surface area contributed by atoms with Crippen LogP contribution in [-0.2, 0) is 10.0 Å². The number of H-pyrrole nitrogens is 1. The van der Waals surface area contributed by atoms with E-state index in [4.69, 9.17) is 0 Å². The first kappa shape index (κ1) is 23.3. The summed E-state index contributed by atoms with van der Waals surface area (Å²) in [7, 11) is -3.72. The SMILES string of the molecule is Cc1cccc(NS(=O)(=O)c2ccc(N=Cc3c(C)[nH]n(-c4ccc(C)c(C)c4)c3=O)cc2)c1. The van der Waals surface area contributed by atoms with Crippen molar-refractivity contribution in [1.29, 1.82) is 0 Å². The summed E-state index contributed by atoms with van der Waals surface area (Å²) in [5, 5.41) is 3.09. The lowest BCUT2D eigenvalue weighted by Crippen LogP contribution is -2.17. The Morgan fingerprint density at radius 3 is 2.32 bits per heavy atom. The topological polar surface area (TPSA) is 96.3 Å². The molecule has 0 fully saturated rings. The van der Waals surface area contributed by atoms with Crippen LogP contribution in [0.1, 0.15) is 27.9 Å². The van der Waals surface area contributed by atoms with E-state index in [1.165, 1.54) is 23.0 Å². The number of benzene rings is 3. The van der Waals surface area contributed by atoms with E-state index in [-0.39, 0.29) is 10.5 Å². The second-order valence-corrected chi connectivity index (χ2v) is 9.97. The van der Waals surface area contributed by atoms with Gasteiger partial charge in [-0.05, 0) is 92.9 Å². The van der Waals surface area contributed by atoms with Gasteiger partial charge in [-0.1, -0.05) is 18.2 Å². The quantitative estimate of drug-likeness (QED) is 0.387. The minimum atomic E-state index is -3.72. The highest BCUT2D eigenvalue weighted by Gasteiger charge is 2.14. The Labute approximate surface area is 198 Å². The molecular weight excluding hydrogens is 448 g/mol. The van der Waals surface area contributed by atoms with Crippen molar-refractivity contribution in [3.05, 3.63) is 105 Å². The third-order valence-electron chi connectivity index (χ3n) is 5.63. The third kappa shape index (κ3) is 4.87. The minimum absolute atomic E-state index is 0.128. The molecule has 8 heteroatoms. The first-order chi connectivity index (χ1) is 16.1. The summed E-state index contributed by atoms with van der Waals surface area (Å²) >= 11 is 0. The van der Waals surface area contributed by atoms with E-state index in [1.54, 1.807) is 30.3 Å². The van der Waals surface area contributed by atoms with Crippen LogP contribution in [0.5, 0.6) is 0 Å². The van der Waals surface area contributed by atoms with Crippen LogP contribution in [0, 0.1) is 27.7 Å². The number of sulfonamides is 1. The van der Waals surface area contributed by atoms with Crippen molar-refractivity contribution in [3.8, 4) is 5.69 Å². The molecule has 0 amide bonds. The Hall–Kier alpha value is -3.91. The van der Waals surface area contributed by atoms with Crippen LogP contribution in [0.4, 0.5) is 11.4 Å². The van der Waals surface area contributed by atoms with Gasteiger partial charge in [0.1, 0.15) is 0 Å². The number of aromatic nitrogens is 2. The first-order valence-corrected chi connectivity index (χ1v) is 12.3. The molecule has 0 saturated heterocycles. The monoisotopic (exact) mass is 474 g/mol. The summed E-state index contributed by atoms with van der Waals surface area (Å²) in [6, 6.07) is 19.2. The molecule has 3 aromatic carbocycles. The Kier molecular flexibility index (Phi) is 6.26. The number of aliphatic imine (C=N–C) groups is 1. The van der Waals surface area contributed by atoms with Crippen molar-refractivity contribution in [1.82, 2.24) is 9.78 Å². The van der Waals surface area contributed by atoms with Gasteiger partial charge in [-0.2, -0.15) is 0 Å². The van der Waals surface area contributed by atoms with Gasteiger partial charge >= 0.3 is 0 Å². The van der Waals surface area contributed by atoms with Crippen LogP contribution in [0.3, 0.4) is 0 Å². The average Bonchev–Trinajstić information content (AvgIpc) is 3.07. The second-order valence-electron chi connectivity index (χ2n) is 8.29. The van der Waals surface area contributed by atoms with Crippen molar-refractivity contribution in [2.75, 3.05) is 4.72 Å². The fourth-order valence-electron chi connectivity index (χ4n) is 3.53. The lowest BCUT2D eigenvalue weighted by molar-refractivity contribution is 0.601. The molecule has 0 aliphatic heterocycles. The molecule has 0 radical (unpaired) electrons. The molecule has 0 saturated carbocycles. The standard InChI is InChI=1S/C26H26N4O3S/c1-17-6-5-7-22(14-17)29-34(32,33)24-12-9-21(10-13-24)27-16-25-20(4)28-30(26(25)31)23-11-8-18(2)19(3)15-23/h5-16,28-29H,1-4H3. The molecule has 0 aliphatic carbocycles. The zero-order valence-electron chi connectivity index (χ0n) is 19.5. The molecular formula is C26H26N4O3S. The van der Waals surface area contributed by atoms with Gasteiger partial charge in [-0.3, -0.25) is 19.6 Å². The van der Waals surface area contributed by atoms with Gasteiger partial charge in [0.2, 0.25) is 0 Å². The number of anilines is 1. The highest BCUT2D eigenvalue weighted by atomic mass is 32.2. The molecule has 34 heavy (non-hydrogen) atoms. The van der Waals surface area contributed by atoms with E-state index in [2.05, 4.69) is 14.8 Å². The lowest BCUT2D eigenvalue weighted by Gasteiger charge is -2.08. The fraction of sp³-hybridized carbons (Fsp3) is 0.154. The number of aromatic amines is 1. The number of hydrogen-bond acceptors (Lipinski definition) is 4. The van der Waals surface area contributed by atoms with E-state index >= 15 is 0 Å². The lowest BCUT2D eigenvalue weighted by atomic mass is 10.1. The van der Waals surface area contributed by atoms with Crippen LogP contribution >= 0.6 is 0 Å². The van der Waals surface area contributed by atoms with E-state index in [1.807, 2.05) is 52.0 Å². The zero-order valence-corrected chi connectivity index (χ0v) is 20.3. The van der Waals surface area contributed by atoms with Gasteiger partial charge in [-0.25, -0.2) is 13.1 Å². The summed E-state index contributed by atoms with van der Waals surface area (Å²) in [5.74, 6) is 0. The Morgan fingerprint density at radius 1 is 0.912 bits per heavy atom. The number of nitrogens with zero attached hydrogens (tertiary/aromatic N) is 2. The maximum Gasteiger partial charge on any atom is 0.280 e. The number of rotatable bonds is 6. The van der Waals surface area contributed by atoms with Crippen molar-refractivity contribution in [2.24, 2.45) is 4.99 Å². The fourth-order valence-corrected chi connectivity index (χ4v) is 4.58. The highest BCUT2D eigenvalue weighted by molar-refractivity contribution is 7.92. The maximum absolute atomic E-state index is 12.9. The molecule has 4 rings (SSSR count). The normalized spacial score (nSPS) is 11.8. The Bertz CT molecular complexity index is 1550. The largest absolute Gasteiger partial charge is 0.295 e.